The molecule has 7 heteroatoms. The Labute approximate surface area is 184 Å². The van der Waals surface area contributed by atoms with Gasteiger partial charge in [-0.3, -0.25) is 4.90 Å². The topological polar surface area (TPSA) is 52.1 Å². The van der Waals surface area contributed by atoms with Gasteiger partial charge in [-0.15, -0.1) is 11.3 Å². The van der Waals surface area contributed by atoms with Crippen LogP contribution in [0.25, 0.3) is 0 Å². The van der Waals surface area contributed by atoms with Gasteiger partial charge in [0.15, 0.2) is 5.96 Å². The van der Waals surface area contributed by atoms with E-state index < -0.39 is 0 Å². The molecule has 1 aliphatic rings. The van der Waals surface area contributed by atoms with E-state index in [0.717, 1.165) is 51.9 Å². The van der Waals surface area contributed by atoms with Gasteiger partial charge in [-0.05, 0) is 43.6 Å². The predicted octanol–water partition coefficient (Wildman–Crippen LogP) is 2.94. The van der Waals surface area contributed by atoms with E-state index in [2.05, 4.69) is 83.2 Å². The number of guanidine groups is 1. The average Bonchev–Trinajstić information content (AvgIpc) is 3.28. The Balaban J connectivity index is 1.61. The summed E-state index contributed by atoms with van der Waals surface area (Å²) in [5, 5.41) is 9.11. The van der Waals surface area contributed by atoms with Gasteiger partial charge in [0.25, 0.3) is 0 Å². The minimum absolute atomic E-state index is 0.336. The predicted molar refractivity (Wildman–Crippen MR) is 126 cm³/mol. The lowest BCUT2D eigenvalue weighted by molar-refractivity contribution is 0.0177. The van der Waals surface area contributed by atoms with E-state index in [1.165, 1.54) is 16.0 Å². The summed E-state index contributed by atoms with van der Waals surface area (Å²) < 4.78 is 5.55. The minimum Gasteiger partial charge on any atom is -0.379 e. The largest absolute Gasteiger partial charge is 0.379 e. The number of morpholine rings is 1. The van der Waals surface area contributed by atoms with Crippen LogP contribution in [0.5, 0.6) is 0 Å². The van der Waals surface area contributed by atoms with Gasteiger partial charge >= 0.3 is 0 Å². The molecule has 0 saturated carbocycles. The molecular formula is C23H35N5OS. The van der Waals surface area contributed by atoms with Crippen molar-refractivity contribution >= 4 is 17.3 Å². The van der Waals surface area contributed by atoms with Crippen LogP contribution in [0.15, 0.2) is 46.8 Å². The van der Waals surface area contributed by atoms with E-state index in [1.807, 2.05) is 11.3 Å². The third kappa shape index (κ3) is 7.09. The van der Waals surface area contributed by atoms with Crippen LogP contribution in [0.1, 0.15) is 29.0 Å². The SMILES string of the molecule is CCNC(=NCc1ccc(CN(C)C)cc1)NCC(c1cccs1)N1CCOCC1. The fourth-order valence-corrected chi connectivity index (χ4v) is 4.46. The first-order valence-electron chi connectivity index (χ1n) is 10.8. The second kappa shape index (κ2) is 12.1. The van der Waals surface area contributed by atoms with E-state index in [1.54, 1.807) is 0 Å². The molecular weight excluding hydrogens is 394 g/mol. The molecule has 6 nitrogen and oxygen atoms in total. The summed E-state index contributed by atoms with van der Waals surface area (Å²) in [6, 6.07) is 13.4. The fraction of sp³-hybridized carbons (Fsp3) is 0.522. The molecule has 1 aromatic carbocycles. The van der Waals surface area contributed by atoms with Crippen molar-refractivity contribution in [3.8, 4) is 0 Å². The summed E-state index contributed by atoms with van der Waals surface area (Å²) in [6.07, 6.45) is 0. The van der Waals surface area contributed by atoms with E-state index in [0.29, 0.717) is 12.6 Å². The minimum atomic E-state index is 0.336. The summed E-state index contributed by atoms with van der Waals surface area (Å²) in [7, 11) is 4.18. The lowest BCUT2D eigenvalue weighted by atomic mass is 10.1. The first kappa shape index (κ1) is 22.7. The third-order valence-corrected chi connectivity index (χ3v) is 6.08. The second-order valence-corrected chi connectivity index (χ2v) is 8.79. The number of aliphatic imine (C=N–C) groups is 1. The first-order valence-corrected chi connectivity index (χ1v) is 11.6. The third-order valence-electron chi connectivity index (χ3n) is 5.11. The molecule has 0 bridgehead atoms. The Kier molecular flexibility index (Phi) is 9.14. The van der Waals surface area contributed by atoms with E-state index in [4.69, 9.17) is 9.73 Å². The lowest BCUT2D eigenvalue weighted by Crippen LogP contribution is -2.46. The van der Waals surface area contributed by atoms with Crippen molar-refractivity contribution in [3.05, 3.63) is 57.8 Å². The van der Waals surface area contributed by atoms with Crippen LogP contribution < -0.4 is 10.6 Å². The number of thiophene rings is 1. The zero-order valence-corrected chi connectivity index (χ0v) is 19.3. The van der Waals surface area contributed by atoms with Crippen LogP contribution >= 0.6 is 11.3 Å². The normalized spacial score (nSPS) is 16.6. The van der Waals surface area contributed by atoms with Gasteiger partial charge < -0.3 is 20.3 Å². The van der Waals surface area contributed by atoms with Crippen molar-refractivity contribution in [1.82, 2.24) is 20.4 Å². The second-order valence-electron chi connectivity index (χ2n) is 7.81. The number of rotatable bonds is 9. The van der Waals surface area contributed by atoms with Gasteiger partial charge in [-0.1, -0.05) is 30.3 Å². The maximum Gasteiger partial charge on any atom is 0.191 e. The van der Waals surface area contributed by atoms with Crippen molar-refractivity contribution in [2.45, 2.75) is 26.1 Å². The maximum absolute atomic E-state index is 5.55. The fourth-order valence-electron chi connectivity index (χ4n) is 3.60. The molecule has 3 rings (SSSR count). The molecule has 2 heterocycles. The molecule has 2 aromatic rings. The van der Waals surface area contributed by atoms with Gasteiger partial charge in [0, 0.05) is 37.6 Å². The molecule has 1 atom stereocenters. The summed E-state index contributed by atoms with van der Waals surface area (Å²) in [4.78, 5) is 10.9. The van der Waals surface area contributed by atoms with Gasteiger partial charge in [0.2, 0.25) is 0 Å². The smallest absolute Gasteiger partial charge is 0.191 e. The highest BCUT2D eigenvalue weighted by Gasteiger charge is 2.23. The number of hydrogen-bond donors (Lipinski definition) is 2. The van der Waals surface area contributed by atoms with Crippen molar-refractivity contribution in [3.63, 3.8) is 0 Å². The van der Waals surface area contributed by atoms with Crippen LogP contribution in [-0.4, -0.2) is 69.2 Å². The molecule has 0 aliphatic carbocycles. The van der Waals surface area contributed by atoms with Gasteiger partial charge in [-0.25, -0.2) is 4.99 Å². The van der Waals surface area contributed by atoms with Crippen molar-refractivity contribution in [1.29, 1.82) is 0 Å². The van der Waals surface area contributed by atoms with E-state index >= 15 is 0 Å². The Morgan fingerprint density at radius 3 is 2.50 bits per heavy atom. The van der Waals surface area contributed by atoms with E-state index in [9.17, 15) is 0 Å². The Morgan fingerprint density at radius 2 is 1.87 bits per heavy atom. The van der Waals surface area contributed by atoms with Crippen molar-refractivity contribution < 1.29 is 4.74 Å². The Morgan fingerprint density at radius 1 is 1.13 bits per heavy atom. The van der Waals surface area contributed by atoms with Crippen LogP contribution in [0.2, 0.25) is 0 Å². The van der Waals surface area contributed by atoms with Crippen molar-refractivity contribution in [2.24, 2.45) is 4.99 Å². The zero-order chi connectivity index (χ0) is 21.2. The summed E-state index contributed by atoms with van der Waals surface area (Å²) >= 11 is 1.82. The summed E-state index contributed by atoms with van der Waals surface area (Å²) in [6.45, 7) is 8.95. The Bertz CT molecular complexity index is 754. The maximum atomic E-state index is 5.55. The molecule has 1 saturated heterocycles. The lowest BCUT2D eigenvalue weighted by Gasteiger charge is -2.34. The van der Waals surface area contributed by atoms with E-state index in [-0.39, 0.29) is 0 Å². The van der Waals surface area contributed by atoms with Crippen molar-refractivity contribution in [2.75, 3.05) is 53.5 Å². The molecule has 0 radical (unpaired) electrons. The molecule has 164 valence electrons. The molecule has 1 fully saturated rings. The monoisotopic (exact) mass is 429 g/mol. The zero-order valence-electron chi connectivity index (χ0n) is 18.4. The Hall–Kier alpha value is -1.93. The molecule has 0 spiro atoms. The number of ether oxygens (including phenoxy) is 1. The number of benzene rings is 1. The van der Waals surface area contributed by atoms with Crippen LogP contribution in [-0.2, 0) is 17.8 Å². The number of nitrogens with one attached hydrogen (secondary N) is 2. The molecule has 1 unspecified atom stereocenters. The van der Waals surface area contributed by atoms with Gasteiger partial charge in [-0.2, -0.15) is 0 Å². The van der Waals surface area contributed by atoms with Crippen LogP contribution in [0, 0.1) is 0 Å². The number of nitrogens with zero attached hydrogens (tertiary/aromatic N) is 3. The molecule has 1 aliphatic heterocycles. The molecule has 1 aromatic heterocycles. The summed E-state index contributed by atoms with van der Waals surface area (Å²) in [5.41, 5.74) is 2.54. The van der Waals surface area contributed by atoms with Crippen LogP contribution in [0.3, 0.4) is 0 Å². The first-order chi connectivity index (χ1) is 14.7. The molecule has 0 amide bonds. The summed E-state index contributed by atoms with van der Waals surface area (Å²) in [5.74, 6) is 0.865. The standard InChI is InChI=1S/C23H35N5OS/c1-4-24-23(25-16-19-7-9-20(10-8-19)18-27(2)3)26-17-21(22-6-5-15-30-22)28-11-13-29-14-12-28/h5-10,15,21H,4,11-14,16-18H2,1-3H3,(H2,24,25,26). The highest BCUT2D eigenvalue weighted by molar-refractivity contribution is 7.10. The van der Waals surface area contributed by atoms with Gasteiger partial charge in [0.1, 0.15) is 0 Å². The molecule has 30 heavy (non-hydrogen) atoms. The van der Waals surface area contributed by atoms with Gasteiger partial charge in [0.05, 0.1) is 25.8 Å². The number of hydrogen-bond acceptors (Lipinski definition) is 5. The molecule has 2 N–H and O–H groups in total. The van der Waals surface area contributed by atoms with Crippen LogP contribution in [0.4, 0.5) is 0 Å². The average molecular weight is 430 g/mol. The quantitative estimate of drug-likeness (QED) is 0.474. The highest BCUT2D eigenvalue weighted by Crippen LogP contribution is 2.25. The highest BCUT2D eigenvalue weighted by atomic mass is 32.1.